The van der Waals surface area contributed by atoms with Crippen molar-refractivity contribution in [1.29, 1.82) is 0 Å². The van der Waals surface area contributed by atoms with Crippen molar-refractivity contribution in [3.63, 3.8) is 0 Å². The molecule has 0 saturated heterocycles. The van der Waals surface area contributed by atoms with Crippen LogP contribution in [0, 0.1) is 5.92 Å². The summed E-state index contributed by atoms with van der Waals surface area (Å²) in [6.45, 7) is -0.121. The lowest BCUT2D eigenvalue weighted by Crippen LogP contribution is -2.48. The molecular formula is C20H21F3N2O6. The Labute approximate surface area is 175 Å². The van der Waals surface area contributed by atoms with E-state index in [4.69, 9.17) is 9.84 Å². The van der Waals surface area contributed by atoms with Crippen LogP contribution in [0.1, 0.15) is 24.8 Å². The number of ether oxygens (including phenoxy) is 1. The fourth-order valence-electron chi connectivity index (χ4n) is 3.54. The first-order valence-electron chi connectivity index (χ1n) is 9.60. The minimum Gasteiger partial charge on any atom is -0.511 e. The monoisotopic (exact) mass is 442 g/mol. The third-order valence-corrected chi connectivity index (χ3v) is 5.19. The molecule has 168 valence electrons. The van der Waals surface area contributed by atoms with Crippen LogP contribution >= 0.6 is 0 Å². The van der Waals surface area contributed by atoms with E-state index >= 15 is 0 Å². The molecule has 2 amide bonds. The summed E-state index contributed by atoms with van der Waals surface area (Å²) < 4.78 is 43.5. The molecule has 0 aromatic heterocycles. The van der Waals surface area contributed by atoms with Crippen LogP contribution in [-0.2, 0) is 20.6 Å². The van der Waals surface area contributed by atoms with Gasteiger partial charge in [-0.1, -0.05) is 0 Å². The van der Waals surface area contributed by atoms with Gasteiger partial charge < -0.3 is 25.2 Å². The Balaban J connectivity index is 1.49. The third kappa shape index (κ3) is 5.47. The Kier molecular flexibility index (Phi) is 6.42. The first kappa shape index (κ1) is 22.4. The second-order valence-corrected chi connectivity index (χ2v) is 7.50. The number of hydrogen-bond acceptors (Lipinski definition) is 5. The second-order valence-electron chi connectivity index (χ2n) is 7.50. The summed E-state index contributed by atoms with van der Waals surface area (Å²) in [5.41, 5.74) is -1.21. The Morgan fingerprint density at radius 3 is 2.42 bits per heavy atom. The predicted octanol–water partition coefficient (Wildman–Crippen LogP) is 2.11. The number of aliphatic hydroxyl groups is 1. The number of rotatable bonds is 7. The molecule has 11 heteroatoms. The summed E-state index contributed by atoms with van der Waals surface area (Å²) in [7, 11) is 0. The predicted molar refractivity (Wildman–Crippen MR) is 100 cm³/mol. The number of hydrogen-bond donors (Lipinski definition) is 3. The van der Waals surface area contributed by atoms with Gasteiger partial charge in [0, 0.05) is 19.5 Å². The normalized spacial score (nSPS) is 21.5. The van der Waals surface area contributed by atoms with Gasteiger partial charge in [-0.2, -0.15) is 13.2 Å². The number of carbonyl (C=O) groups excluding carboxylic acids is 2. The van der Waals surface area contributed by atoms with Gasteiger partial charge in [0.05, 0.1) is 11.7 Å². The lowest BCUT2D eigenvalue weighted by atomic mass is 9.81. The number of nitrogens with zero attached hydrogens (tertiary/aromatic N) is 1. The quantitative estimate of drug-likeness (QED) is 0.557. The summed E-state index contributed by atoms with van der Waals surface area (Å²) in [6, 6.07) is 4.43. The number of carboxylic acids is 1. The van der Waals surface area contributed by atoms with Gasteiger partial charge in [0.1, 0.15) is 23.6 Å². The van der Waals surface area contributed by atoms with Gasteiger partial charge in [0.15, 0.2) is 0 Å². The molecule has 0 radical (unpaired) electrons. The molecule has 1 heterocycles. The molecule has 1 aromatic carbocycles. The molecule has 1 aromatic rings. The zero-order chi connectivity index (χ0) is 22.8. The summed E-state index contributed by atoms with van der Waals surface area (Å²) >= 11 is 0. The van der Waals surface area contributed by atoms with Crippen LogP contribution in [0.3, 0.4) is 0 Å². The van der Waals surface area contributed by atoms with Gasteiger partial charge in [-0.3, -0.25) is 14.4 Å². The lowest BCUT2D eigenvalue weighted by Gasteiger charge is -2.39. The molecule has 1 saturated carbocycles. The van der Waals surface area contributed by atoms with E-state index in [9.17, 15) is 32.7 Å². The number of nitrogens with one attached hydrogen (secondary N) is 1. The van der Waals surface area contributed by atoms with Crippen molar-refractivity contribution in [2.24, 2.45) is 5.92 Å². The molecule has 0 atom stereocenters. The molecule has 3 N–H and O–H groups in total. The van der Waals surface area contributed by atoms with Crippen LogP contribution in [0.4, 0.5) is 13.2 Å². The van der Waals surface area contributed by atoms with E-state index in [-0.39, 0.29) is 30.7 Å². The summed E-state index contributed by atoms with van der Waals surface area (Å²) in [4.78, 5) is 36.6. The van der Waals surface area contributed by atoms with Crippen LogP contribution in [0.15, 0.2) is 35.6 Å². The molecule has 0 spiro atoms. The second kappa shape index (κ2) is 8.86. The molecule has 2 aliphatic rings. The number of aliphatic carboxylic acids is 1. The highest BCUT2D eigenvalue weighted by Gasteiger charge is 2.37. The van der Waals surface area contributed by atoms with Crippen molar-refractivity contribution in [1.82, 2.24) is 10.2 Å². The average Bonchev–Trinajstić information content (AvgIpc) is 2.66. The van der Waals surface area contributed by atoms with Crippen LogP contribution < -0.4 is 10.1 Å². The first-order valence-corrected chi connectivity index (χ1v) is 9.60. The topological polar surface area (TPSA) is 116 Å². The molecule has 1 aliphatic carbocycles. The molecule has 31 heavy (non-hydrogen) atoms. The highest BCUT2D eigenvalue weighted by atomic mass is 19.4. The van der Waals surface area contributed by atoms with Crippen molar-refractivity contribution in [2.45, 2.75) is 31.5 Å². The number of alkyl halides is 3. The zero-order valence-electron chi connectivity index (χ0n) is 16.3. The maximum Gasteiger partial charge on any atom is 0.416 e. The maximum atomic E-state index is 12.6. The van der Waals surface area contributed by atoms with E-state index in [1.165, 1.54) is 17.0 Å². The van der Waals surface area contributed by atoms with Gasteiger partial charge in [0.25, 0.3) is 11.8 Å². The number of halogens is 3. The Hall–Kier alpha value is -3.24. The van der Waals surface area contributed by atoms with Crippen LogP contribution in [0.25, 0.3) is 0 Å². The van der Waals surface area contributed by atoms with Crippen LogP contribution in [0.2, 0.25) is 0 Å². The molecule has 1 fully saturated rings. The van der Waals surface area contributed by atoms with Gasteiger partial charge in [-0.05, 0) is 43.0 Å². The van der Waals surface area contributed by atoms with E-state index in [1.54, 1.807) is 0 Å². The smallest absolute Gasteiger partial charge is 0.416 e. The minimum atomic E-state index is -4.41. The van der Waals surface area contributed by atoms with Crippen molar-refractivity contribution >= 4 is 17.8 Å². The Morgan fingerprint density at radius 2 is 1.84 bits per heavy atom. The van der Waals surface area contributed by atoms with Crippen molar-refractivity contribution in [3.05, 3.63) is 41.2 Å². The summed E-state index contributed by atoms with van der Waals surface area (Å²) in [5, 5.41) is 20.6. The van der Waals surface area contributed by atoms with Crippen molar-refractivity contribution in [3.8, 4) is 5.75 Å². The van der Waals surface area contributed by atoms with Crippen LogP contribution in [0.5, 0.6) is 5.75 Å². The Morgan fingerprint density at radius 1 is 1.19 bits per heavy atom. The van der Waals surface area contributed by atoms with Gasteiger partial charge >= 0.3 is 12.1 Å². The molecule has 3 rings (SSSR count). The number of amides is 2. The maximum absolute atomic E-state index is 12.6. The Bertz CT molecular complexity index is 891. The number of aliphatic hydroxyl groups excluding tert-OH is 1. The standard InChI is InChI=1S/C20H21F3N2O6/c21-20(22,23)12-1-3-13(4-2-12)31-14-7-11(8-14)10-25-6-5-15(26)17(19(25)30)18(29)24-9-16(27)28/h1-4,11,14,26H,5-10H2,(H,24,29)(H,27,28)/t11-,14-. The molecule has 0 bridgehead atoms. The third-order valence-electron chi connectivity index (χ3n) is 5.19. The van der Waals surface area contributed by atoms with Crippen molar-refractivity contribution < 1.29 is 42.5 Å². The highest BCUT2D eigenvalue weighted by Crippen LogP contribution is 2.35. The fraction of sp³-hybridized carbons (Fsp3) is 0.450. The van der Waals surface area contributed by atoms with Crippen LogP contribution in [-0.4, -0.2) is 58.6 Å². The van der Waals surface area contributed by atoms with Gasteiger partial charge in [0.2, 0.25) is 0 Å². The van der Waals surface area contributed by atoms with E-state index in [2.05, 4.69) is 5.32 Å². The summed E-state index contributed by atoms with van der Waals surface area (Å²) in [6.07, 6.45) is -3.35. The zero-order valence-corrected chi connectivity index (χ0v) is 16.3. The number of benzene rings is 1. The largest absolute Gasteiger partial charge is 0.511 e. The molecule has 0 unspecified atom stereocenters. The van der Waals surface area contributed by atoms with E-state index in [0.29, 0.717) is 25.1 Å². The highest BCUT2D eigenvalue weighted by molar-refractivity contribution is 6.19. The lowest BCUT2D eigenvalue weighted by molar-refractivity contribution is -0.139. The van der Waals surface area contributed by atoms with Gasteiger partial charge in [-0.25, -0.2) is 0 Å². The molecular weight excluding hydrogens is 421 g/mol. The van der Waals surface area contributed by atoms with E-state index in [1.807, 2.05) is 0 Å². The SMILES string of the molecule is O=C(O)CNC(=O)C1=C(O)CCN(C[C@H]2C[C@H](Oc3ccc(C(F)(F)F)cc3)C2)C1=O. The van der Waals surface area contributed by atoms with E-state index < -0.39 is 41.6 Å². The molecule has 1 aliphatic heterocycles. The fourth-order valence-corrected chi connectivity index (χ4v) is 3.54. The van der Waals surface area contributed by atoms with Gasteiger partial charge in [-0.15, -0.1) is 0 Å². The minimum absolute atomic E-state index is 0.0759. The van der Waals surface area contributed by atoms with E-state index in [0.717, 1.165) is 12.1 Å². The number of carbonyl (C=O) groups is 3. The average molecular weight is 442 g/mol. The molecule has 8 nitrogen and oxygen atoms in total. The van der Waals surface area contributed by atoms with Crippen molar-refractivity contribution in [2.75, 3.05) is 19.6 Å². The number of carboxylic acid groups (broad SMARTS) is 1. The summed E-state index contributed by atoms with van der Waals surface area (Å²) in [5.74, 6) is -2.85. The first-order chi connectivity index (χ1) is 14.5.